The number of benzene rings is 2. The standard InChI is InChI=1S/C22H27N3O3S/c1-24(21-13-8-17-6-2-3-7-20(17)21)16-22(26)23-18-9-11-19(12-10-18)29(27,28)25-14-4-5-15-25/h2-3,6-7,9-12,21H,4-5,8,13-16H2,1H3,(H,23,26). The molecule has 1 heterocycles. The number of nitrogens with zero attached hydrogens (tertiary/aromatic N) is 2. The van der Waals surface area contributed by atoms with Gasteiger partial charge >= 0.3 is 0 Å². The Labute approximate surface area is 172 Å². The lowest BCUT2D eigenvalue weighted by atomic mass is 10.1. The lowest BCUT2D eigenvalue weighted by molar-refractivity contribution is -0.117. The fraction of sp³-hybridized carbons (Fsp3) is 0.409. The minimum absolute atomic E-state index is 0.105. The largest absolute Gasteiger partial charge is 0.325 e. The Morgan fingerprint density at radius 3 is 2.52 bits per heavy atom. The summed E-state index contributed by atoms with van der Waals surface area (Å²) in [5.41, 5.74) is 3.27. The predicted molar refractivity (Wildman–Crippen MR) is 113 cm³/mol. The van der Waals surface area contributed by atoms with Gasteiger partial charge in [0.25, 0.3) is 0 Å². The summed E-state index contributed by atoms with van der Waals surface area (Å²) in [5.74, 6) is -0.105. The lowest BCUT2D eigenvalue weighted by Gasteiger charge is -2.24. The zero-order valence-electron chi connectivity index (χ0n) is 16.7. The number of carbonyl (C=O) groups is 1. The summed E-state index contributed by atoms with van der Waals surface area (Å²) in [6.07, 6.45) is 3.88. The molecule has 0 aromatic heterocycles. The molecule has 1 atom stereocenters. The summed E-state index contributed by atoms with van der Waals surface area (Å²) in [7, 11) is -1.46. The molecule has 1 amide bonds. The van der Waals surface area contributed by atoms with Crippen LogP contribution in [-0.4, -0.2) is 50.2 Å². The first-order valence-electron chi connectivity index (χ1n) is 10.1. The Bertz CT molecular complexity index is 983. The minimum Gasteiger partial charge on any atom is -0.325 e. The molecule has 1 aliphatic heterocycles. The molecule has 0 bridgehead atoms. The SMILES string of the molecule is CN(CC(=O)Nc1ccc(S(=O)(=O)N2CCCC2)cc1)C1CCc2ccccc21. The van der Waals surface area contributed by atoms with Crippen LogP contribution >= 0.6 is 0 Å². The van der Waals surface area contributed by atoms with Gasteiger partial charge < -0.3 is 5.32 Å². The number of likely N-dealkylation sites (N-methyl/N-ethyl adjacent to an activating group) is 1. The van der Waals surface area contributed by atoms with Gasteiger partial charge in [0, 0.05) is 24.8 Å². The van der Waals surface area contributed by atoms with Crippen molar-refractivity contribution in [2.75, 3.05) is 32.0 Å². The molecule has 1 N–H and O–H groups in total. The molecule has 0 radical (unpaired) electrons. The van der Waals surface area contributed by atoms with Crippen LogP contribution in [0.1, 0.15) is 36.4 Å². The van der Waals surface area contributed by atoms with Gasteiger partial charge in [0.2, 0.25) is 15.9 Å². The van der Waals surface area contributed by atoms with Crippen molar-refractivity contribution in [1.29, 1.82) is 0 Å². The molecule has 0 saturated carbocycles. The van der Waals surface area contributed by atoms with E-state index in [1.165, 1.54) is 15.4 Å². The molecule has 1 unspecified atom stereocenters. The van der Waals surface area contributed by atoms with E-state index in [1.54, 1.807) is 24.3 Å². The van der Waals surface area contributed by atoms with E-state index in [2.05, 4.69) is 28.4 Å². The van der Waals surface area contributed by atoms with Gasteiger partial charge in [-0.2, -0.15) is 4.31 Å². The van der Waals surface area contributed by atoms with Crippen LogP contribution in [0, 0.1) is 0 Å². The van der Waals surface area contributed by atoms with E-state index in [0.29, 0.717) is 18.8 Å². The maximum Gasteiger partial charge on any atom is 0.243 e. The van der Waals surface area contributed by atoms with Crippen LogP contribution < -0.4 is 5.32 Å². The van der Waals surface area contributed by atoms with Gasteiger partial charge in [-0.05, 0) is 68.1 Å². The molecular weight excluding hydrogens is 386 g/mol. The van der Waals surface area contributed by atoms with Crippen LogP contribution in [0.15, 0.2) is 53.4 Å². The molecule has 2 aliphatic rings. The Hall–Kier alpha value is -2.22. The molecule has 0 spiro atoms. The maximum atomic E-state index is 12.6. The summed E-state index contributed by atoms with van der Waals surface area (Å²) >= 11 is 0. The number of carbonyl (C=O) groups excluding carboxylic acids is 1. The van der Waals surface area contributed by atoms with Gasteiger partial charge in [0.05, 0.1) is 11.4 Å². The van der Waals surface area contributed by atoms with E-state index in [0.717, 1.165) is 25.7 Å². The van der Waals surface area contributed by atoms with Gasteiger partial charge in [-0.15, -0.1) is 0 Å². The second-order valence-electron chi connectivity index (χ2n) is 7.85. The van der Waals surface area contributed by atoms with Gasteiger partial charge in [-0.1, -0.05) is 24.3 Å². The number of hydrogen-bond acceptors (Lipinski definition) is 4. The topological polar surface area (TPSA) is 69.7 Å². The van der Waals surface area contributed by atoms with E-state index in [1.807, 2.05) is 13.1 Å². The number of amides is 1. The Balaban J connectivity index is 1.36. The molecule has 7 heteroatoms. The maximum absolute atomic E-state index is 12.6. The minimum atomic E-state index is -3.43. The number of hydrogen-bond donors (Lipinski definition) is 1. The predicted octanol–water partition coefficient (Wildman–Crippen LogP) is 3.03. The first-order chi connectivity index (χ1) is 13.9. The van der Waals surface area contributed by atoms with Crippen molar-refractivity contribution in [3.05, 3.63) is 59.7 Å². The third-order valence-corrected chi connectivity index (χ3v) is 7.78. The van der Waals surface area contributed by atoms with Crippen LogP contribution in [0.5, 0.6) is 0 Å². The van der Waals surface area contributed by atoms with Gasteiger partial charge in [0.15, 0.2) is 0 Å². The van der Waals surface area contributed by atoms with E-state index < -0.39 is 10.0 Å². The molecule has 2 aromatic rings. The van der Waals surface area contributed by atoms with E-state index in [-0.39, 0.29) is 23.4 Å². The smallest absolute Gasteiger partial charge is 0.243 e. The molecule has 4 rings (SSSR count). The highest BCUT2D eigenvalue weighted by atomic mass is 32.2. The summed E-state index contributed by atoms with van der Waals surface area (Å²) in [5, 5.41) is 2.88. The van der Waals surface area contributed by atoms with E-state index in [4.69, 9.17) is 0 Å². The molecule has 1 saturated heterocycles. The van der Waals surface area contributed by atoms with E-state index in [9.17, 15) is 13.2 Å². The van der Waals surface area contributed by atoms with Crippen molar-refractivity contribution in [2.24, 2.45) is 0 Å². The van der Waals surface area contributed by atoms with Crippen LogP contribution in [-0.2, 0) is 21.2 Å². The highest BCUT2D eigenvalue weighted by Crippen LogP contribution is 2.34. The Morgan fingerprint density at radius 1 is 1.10 bits per heavy atom. The van der Waals surface area contributed by atoms with Crippen molar-refractivity contribution < 1.29 is 13.2 Å². The third-order valence-electron chi connectivity index (χ3n) is 5.87. The van der Waals surface area contributed by atoms with Crippen molar-refractivity contribution in [3.8, 4) is 0 Å². The fourth-order valence-corrected chi connectivity index (χ4v) is 5.83. The molecule has 1 aliphatic carbocycles. The van der Waals surface area contributed by atoms with Crippen molar-refractivity contribution in [3.63, 3.8) is 0 Å². The van der Waals surface area contributed by atoms with Gasteiger partial charge in [-0.3, -0.25) is 9.69 Å². The molecule has 1 fully saturated rings. The fourth-order valence-electron chi connectivity index (χ4n) is 4.32. The summed E-state index contributed by atoms with van der Waals surface area (Å²) in [6, 6.07) is 15.1. The second kappa shape index (κ2) is 8.26. The van der Waals surface area contributed by atoms with Crippen LogP contribution in [0.25, 0.3) is 0 Å². The number of anilines is 1. The molecule has 6 nitrogen and oxygen atoms in total. The molecule has 2 aromatic carbocycles. The highest BCUT2D eigenvalue weighted by Gasteiger charge is 2.28. The zero-order valence-corrected chi connectivity index (χ0v) is 17.5. The van der Waals surface area contributed by atoms with Crippen LogP contribution in [0.3, 0.4) is 0 Å². The Morgan fingerprint density at radius 2 is 1.79 bits per heavy atom. The summed E-state index contributed by atoms with van der Waals surface area (Å²) < 4.78 is 26.7. The summed E-state index contributed by atoms with van der Waals surface area (Å²) in [4.78, 5) is 14.9. The number of fused-ring (bicyclic) bond motifs is 1. The first-order valence-corrected chi connectivity index (χ1v) is 11.6. The van der Waals surface area contributed by atoms with Crippen LogP contribution in [0.4, 0.5) is 5.69 Å². The van der Waals surface area contributed by atoms with Crippen molar-refractivity contribution in [1.82, 2.24) is 9.21 Å². The number of rotatable bonds is 6. The number of aryl methyl sites for hydroxylation is 1. The molecule has 29 heavy (non-hydrogen) atoms. The lowest BCUT2D eigenvalue weighted by Crippen LogP contribution is -2.32. The molecule has 154 valence electrons. The normalized spacial score (nSPS) is 19.4. The number of sulfonamides is 1. The average molecular weight is 414 g/mol. The van der Waals surface area contributed by atoms with Gasteiger partial charge in [0.1, 0.15) is 0 Å². The van der Waals surface area contributed by atoms with E-state index >= 15 is 0 Å². The number of nitrogens with one attached hydrogen (secondary N) is 1. The van der Waals surface area contributed by atoms with Crippen molar-refractivity contribution >= 4 is 21.6 Å². The molecular formula is C22H27N3O3S. The monoisotopic (exact) mass is 413 g/mol. The average Bonchev–Trinajstić information content (AvgIpc) is 3.39. The summed E-state index contributed by atoms with van der Waals surface area (Å²) in [6.45, 7) is 1.45. The highest BCUT2D eigenvalue weighted by molar-refractivity contribution is 7.89. The quantitative estimate of drug-likeness (QED) is 0.790. The van der Waals surface area contributed by atoms with Gasteiger partial charge in [-0.25, -0.2) is 8.42 Å². The van der Waals surface area contributed by atoms with Crippen molar-refractivity contribution in [2.45, 2.75) is 36.6 Å². The first kappa shape index (κ1) is 20.1. The Kier molecular flexibility index (Phi) is 5.72. The third kappa shape index (κ3) is 4.22. The zero-order chi connectivity index (χ0) is 20.4. The second-order valence-corrected chi connectivity index (χ2v) is 9.79. The van der Waals surface area contributed by atoms with Crippen LogP contribution in [0.2, 0.25) is 0 Å².